The normalized spacial score (nSPS) is 12.4. The summed E-state index contributed by atoms with van der Waals surface area (Å²) in [6, 6.07) is 13.8. The lowest BCUT2D eigenvalue weighted by atomic mass is 10.0. The van der Waals surface area contributed by atoms with E-state index >= 15 is 0 Å². The van der Waals surface area contributed by atoms with Crippen molar-refractivity contribution in [1.29, 1.82) is 0 Å². The molecule has 0 bridgehead atoms. The summed E-state index contributed by atoms with van der Waals surface area (Å²) < 4.78 is 5.31. The summed E-state index contributed by atoms with van der Waals surface area (Å²) in [5.74, 6) is 0.535. The zero-order valence-electron chi connectivity index (χ0n) is 10.1. The Hall–Kier alpha value is -1.87. The molecule has 2 aromatic rings. The average Bonchev–Trinajstić information content (AvgIpc) is 2.38. The Morgan fingerprint density at radius 1 is 1.18 bits per heavy atom. The van der Waals surface area contributed by atoms with Crippen LogP contribution in [-0.4, -0.2) is 12.1 Å². The third kappa shape index (κ3) is 2.63. The van der Waals surface area contributed by atoms with Gasteiger partial charge in [-0.3, -0.25) is 0 Å². The molecule has 1 atom stereocenters. The van der Waals surface area contributed by atoms with Gasteiger partial charge < -0.3 is 10.5 Å². The number of hydrogen-bond donors (Lipinski definition) is 1. The highest BCUT2D eigenvalue weighted by Gasteiger charge is 2.06. The van der Waals surface area contributed by atoms with Crippen molar-refractivity contribution < 1.29 is 4.74 Å². The molecule has 1 heterocycles. The van der Waals surface area contributed by atoms with Crippen molar-refractivity contribution in [3.05, 3.63) is 48.0 Å². The summed E-state index contributed by atoms with van der Waals surface area (Å²) in [6.45, 7) is 2.02. The molecule has 3 heteroatoms. The highest BCUT2D eigenvalue weighted by molar-refractivity contribution is 5.61. The third-order valence-electron chi connectivity index (χ3n) is 2.78. The molecule has 0 aliphatic rings. The maximum Gasteiger partial charge on any atom is 0.124 e. The average molecular weight is 228 g/mol. The molecule has 0 aliphatic carbocycles. The van der Waals surface area contributed by atoms with Gasteiger partial charge in [0, 0.05) is 12.7 Å². The topological polar surface area (TPSA) is 48.1 Å². The van der Waals surface area contributed by atoms with Crippen molar-refractivity contribution in [1.82, 2.24) is 4.98 Å². The first kappa shape index (κ1) is 11.6. The molecule has 0 unspecified atom stereocenters. The van der Waals surface area contributed by atoms with E-state index in [2.05, 4.69) is 11.1 Å². The summed E-state index contributed by atoms with van der Waals surface area (Å²) in [5, 5.41) is 0. The molecule has 0 amide bonds. The van der Waals surface area contributed by atoms with Gasteiger partial charge in [0.15, 0.2) is 0 Å². The number of anilines is 1. The second-order valence-electron chi connectivity index (χ2n) is 3.95. The van der Waals surface area contributed by atoms with Gasteiger partial charge in [0.2, 0.25) is 0 Å². The van der Waals surface area contributed by atoms with Crippen LogP contribution < -0.4 is 5.73 Å². The van der Waals surface area contributed by atoms with Crippen molar-refractivity contribution in [2.75, 3.05) is 12.8 Å². The molecule has 0 saturated heterocycles. The minimum atomic E-state index is 0.0796. The number of ether oxygens (including phenoxy) is 1. The smallest absolute Gasteiger partial charge is 0.124 e. The van der Waals surface area contributed by atoms with Crippen LogP contribution >= 0.6 is 0 Å². The van der Waals surface area contributed by atoms with Crippen LogP contribution in [0.25, 0.3) is 11.3 Å². The van der Waals surface area contributed by atoms with Crippen molar-refractivity contribution in [2.24, 2.45) is 0 Å². The first-order valence-electron chi connectivity index (χ1n) is 5.56. The van der Waals surface area contributed by atoms with Gasteiger partial charge in [0.1, 0.15) is 5.82 Å². The van der Waals surface area contributed by atoms with Crippen LogP contribution in [0.2, 0.25) is 0 Å². The lowest BCUT2D eigenvalue weighted by Gasteiger charge is -2.11. The molecule has 3 nitrogen and oxygen atoms in total. The Kier molecular flexibility index (Phi) is 3.40. The van der Waals surface area contributed by atoms with Gasteiger partial charge in [-0.25, -0.2) is 4.98 Å². The van der Waals surface area contributed by atoms with E-state index in [1.807, 2.05) is 37.3 Å². The minimum absolute atomic E-state index is 0.0796. The largest absolute Gasteiger partial charge is 0.384 e. The molecule has 0 saturated carbocycles. The fourth-order valence-electron chi connectivity index (χ4n) is 1.70. The van der Waals surface area contributed by atoms with Gasteiger partial charge >= 0.3 is 0 Å². The molecule has 0 aliphatic heterocycles. The number of aromatic nitrogens is 1. The SMILES string of the molecule is CO[C@@H](C)c1cccc(-c2cccc(N)n2)c1. The lowest BCUT2D eigenvalue weighted by Crippen LogP contribution is -1.96. The van der Waals surface area contributed by atoms with E-state index in [0.717, 1.165) is 16.8 Å². The molecule has 1 aromatic carbocycles. The molecule has 0 spiro atoms. The molecule has 2 rings (SSSR count). The fraction of sp³-hybridized carbons (Fsp3) is 0.214. The van der Waals surface area contributed by atoms with Gasteiger partial charge in [-0.1, -0.05) is 24.3 Å². The molecule has 0 radical (unpaired) electrons. The van der Waals surface area contributed by atoms with Crippen LogP contribution in [0.4, 0.5) is 5.82 Å². The molecule has 0 fully saturated rings. The van der Waals surface area contributed by atoms with Gasteiger partial charge in [0.05, 0.1) is 11.8 Å². The molecule has 2 N–H and O–H groups in total. The summed E-state index contributed by atoms with van der Waals surface area (Å²) in [5.41, 5.74) is 8.76. The summed E-state index contributed by atoms with van der Waals surface area (Å²) in [6.07, 6.45) is 0.0796. The van der Waals surface area contributed by atoms with Gasteiger partial charge in [-0.15, -0.1) is 0 Å². The van der Waals surface area contributed by atoms with Crippen LogP contribution in [0.1, 0.15) is 18.6 Å². The van der Waals surface area contributed by atoms with Crippen molar-refractivity contribution in [3.8, 4) is 11.3 Å². The fourth-order valence-corrected chi connectivity index (χ4v) is 1.70. The van der Waals surface area contributed by atoms with Crippen LogP contribution in [0.5, 0.6) is 0 Å². The quantitative estimate of drug-likeness (QED) is 0.878. The number of hydrogen-bond acceptors (Lipinski definition) is 3. The van der Waals surface area contributed by atoms with E-state index in [0.29, 0.717) is 5.82 Å². The summed E-state index contributed by atoms with van der Waals surface area (Å²) in [4.78, 5) is 4.31. The Morgan fingerprint density at radius 2 is 1.94 bits per heavy atom. The number of methoxy groups -OCH3 is 1. The molecule has 17 heavy (non-hydrogen) atoms. The van der Waals surface area contributed by atoms with E-state index < -0.39 is 0 Å². The van der Waals surface area contributed by atoms with Gasteiger partial charge in [-0.2, -0.15) is 0 Å². The van der Waals surface area contributed by atoms with E-state index in [-0.39, 0.29) is 6.10 Å². The first-order valence-corrected chi connectivity index (χ1v) is 5.56. The minimum Gasteiger partial charge on any atom is -0.384 e. The number of benzene rings is 1. The third-order valence-corrected chi connectivity index (χ3v) is 2.78. The zero-order chi connectivity index (χ0) is 12.3. The monoisotopic (exact) mass is 228 g/mol. The Labute approximate surface area is 101 Å². The standard InChI is InChI=1S/C14H16N2O/c1-10(17-2)11-5-3-6-12(9-11)13-7-4-8-14(15)16-13/h3-10H,1-2H3,(H2,15,16)/t10-/m0/s1. The van der Waals surface area contributed by atoms with Crippen LogP contribution in [-0.2, 0) is 4.74 Å². The number of pyridine rings is 1. The molecule has 88 valence electrons. The van der Waals surface area contributed by atoms with E-state index in [9.17, 15) is 0 Å². The van der Waals surface area contributed by atoms with E-state index in [1.54, 1.807) is 13.2 Å². The second-order valence-corrected chi connectivity index (χ2v) is 3.95. The molecular formula is C14H16N2O. The maximum absolute atomic E-state index is 5.68. The Morgan fingerprint density at radius 3 is 2.65 bits per heavy atom. The number of nitrogens with zero attached hydrogens (tertiary/aromatic N) is 1. The van der Waals surface area contributed by atoms with E-state index in [4.69, 9.17) is 10.5 Å². The maximum atomic E-state index is 5.68. The lowest BCUT2D eigenvalue weighted by molar-refractivity contribution is 0.119. The number of nitrogen functional groups attached to an aromatic ring is 1. The summed E-state index contributed by atoms with van der Waals surface area (Å²) >= 11 is 0. The second kappa shape index (κ2) is 4.97. The highest BCUT2D eigenvalue weighted by Crippen LogP contribution is 2.23. The predicted molar refractivity (Wildman–Crippen MR) is 69.5 cm³/mol. The van der Waals surface area contributed by atoms with Crippen LogP contribution in [0, 0.1) is 0 Å². The Bertz CT molecular complexity index is 511. The highest BCUT2D eigenvalue weighted by atomic mass is 16.5. The van der Waals surface area contributed by atoms with Crippen molar-refractivity contribution >= 4 is 5.82 Å². The van der Waals surface area contributed by atoms with Crippen molar-refractivity contribution in [3.63, 3.8) is 0 Å². The number of rotatable bonds is 3. The summed E-state index contributed by atoms with van der Waals surface area (Å²) in [7, 11) is 1.70. The predicted octanol–water partition coefficient (Wildman–Crippen LogP) is 3.04. The van der Waals surface area contributed by atoms with Crippen molar-refractivity contribution in [2.45, 2.75) is 13.0 Å². The van der Waals surface area contributed by atoms with Crippen LogP contribution in [0.3, 0.4) is 0 Å². The molecular weight excluding hydrogens is 212 g/mol. The Balaban J connectivity index is 2.39. The zero-order valence-corrected chi connectivity index (χ0v) is 10.1. The van der Waals surface area contributed by atoms with Gasteiger partial charge in [-0.05, 0) is 30.7 Å². The van der Waals surface area contributed by atoms with E-state index in [1.165, 1.54) is 0 Å². The van der Waals surface area contributed by atoms with Gasteiger partial charge in [0.25, 0.3) is 0 Å². The van der Waals surface area contributed by atoms with Crippen LogP contribution in [0.15, 0.2) is 42.5 Å². The number of nitrogens with two attached hydrogens (primary N) is 1. The first-order chi connectivity index (χ1) is 8.20. The molecule has 1 aromatic heterocycles.